The second-order valence-corrected chi connectivity index (χ2v) is 9.39. The number of sulfonamides is 1. The standard InChI is InChI=1S/C19H22FN3O3S2/c20-16-5-3-15(4-6-16)9-10-21-18(24)14-27-19-8-7-17(13-22-19)28(25,26)23-11-1-2-12-23/h3-8,13H,1-2,9-12,14H2,(H,21,24). The summed E-state index contributed by atoms with van der Waals surface area (Å²) in [5.41, 5.74) is 0.950. The quantitative estimate of drug-likeness (QED) is 0.660. The highest BCUT2D eigenvalue weighted by Crippen LogP contribution is 2.22. The normalized spacial score (nSPS) is 14.9. The first-order valence-electron chi connectivity index (χ1n) is 9.05. The van der Waals surface area contributed by atoms with Gasteiger partial charge in [0.15, 0.2) is 0 Å². The van der Waals surface area contributed by atoms with Crippen molar-refractivity contribution in [3.63, 3.8) is 0 Å². The Morgan fingerprint density at radius 2 is 1.86 bits per heavy atom. The molecule has 1 aliphatic heterocycles. The molecule has 0 aliphatic carbocycles. The summed E-state index contributed by atoms with van der Waals surface area (Å²) in [6.45, 7) is 1.57. The van der Waals surface area contributed by atoms with Gasteiger partial charge in [0.25, 0.3) is 0 Å². The van der Waals surface area contributed by atoms with Gasteiger partial charge in [-0.2, -0.15) is 4.31 Å². The summed E-state index contributed by atoms with van der Waals surface area (Å²) < 4.78 is 39.3. The van der Waals surface area contributed by atoms with Gasteiger partial charge in [-0.3, -0.25) is 4.79 Å². The fraction of sp³-hybridized carbons (Fsp3) is 0.368. The summed E-state index contributed by atoms with van der Waals surface area (Å²) in [6, 6.07) is 9.34. The fourth-order valence-corrected chi connectivity index (χ4v) is 5.01. The van der Waals surface area contributed by atoms with Crippen molar-refractivity contribution >= 4 is 27.7 Å². The molecule has 0 saturated carbocycles. The van der Waals surface area contributed by atoms with Crippen LogP contribution in [0.2, 0.25) is 0 Å². The molecule has 1 amide bonds. The summed E-state index contributed by atoms with van der Waals surface area (Å²) in [5.74, 6) is -0.229. The maximum absolute atomic E-state index is 12.9. The molecule has 0 bridgehead atoms. The predicted molar refractivity (Wildman–Crippen MR) is 106 cm³/mol. The zero-order valence-electron chi connectivity index (χ0n) is 15.3. The lowest BCUT2D eigenvalue weighted by molar-refractivity contribution is -0.118. The minimum Gasteiger partial charge on any atom is -0.355 e. The number of amides is 1. The monoisotopic (exact) mass is 423 g/mol. The van der Waals surface area contributed by atoms with E-state index in [1.54, 1.807) is 18.2 Å². The molecule has 0 unspecified atom stereocenters. The van der Waals surface area contributed by atoms with Crippen molar-refractivity contribution < 1.29 is 17.6 Å². The van der Waals surface area contributed by atoms with Crippen molar-refractivity contribution in [1.82, 2.24) is 14.6 Å². The first-order chi connectivity index (χ1) is 13.4. The molecule has 1 aromatic carbocycles. The van der Waals surface area contributed by atoms with Gasteiger partial charge in [0.05, 0.1) is 10.8 Å². The van der Waals surface area contributed by atoms with Crippen LogP contribution < -0.4 is 5.32 Å². The van der Waals surface area contributed by atoms with Crippen LogP contribution in [0.4, 0.5) is 4.39 Å². The Balaban J connectivity index is 1.44. The number of benzene rings is 1. The molecule has 9 heteroatoms. The van der Waals surface area contributed by atoms with Crippen molar-refractivity contribution in [2.24, 2.45) is 0 Å². The molecule has 1 aromatic heterocycles. The van der Waals surface area contributed by atoms with Crippen LogP contribution in [-0.2, 0) is 21.2 Å². The van der Waals surface area contributed by atoms with Crippen LogP contribution in [0.15, 0.2) is 52.5 Å². The first kappa shape index (κ1) is 20.8. The van der Waals surface area contributed by atoms with Crippen molar-refractivity contribution in [1.29, 1.82) is 0 Å². The minimum atomic E-state index is -3.47. The Labute approximate surface area is 168 Å². The predicted octanol–water partition coefficient (Wildman–Crippen LogP) is 2.46. The van der Waals surface area contributed by atoms with E-state index in [9.17, 15) is 17.6 Å². The molecule has 28 heavy (non-hydrogen) atoms. The van der Waals surface area contributed by atoms with Crippen molar-refractivity contribution in [3.05, 3.63) is 54.0 Å². The van der Waals surface area contributed by atoms with Gasteiger partial charge in [0.1, 0.15) is 10.7 Å². The number of hydrogen-bond acceptors (Lipinski definition) is 5. The molecular weight excluding hydrogens is 401 g/mol. The Morgan fingerprint density at radius 3 is 2.50 bits per heavy atom. The molecular formula is C19H22FN3O3S2. The number of hydrogen-bond donors (Lipinski definition) is 1. The summed E-state index contributed by atoms with van der Waals surface area (Å²) >= 11 is 1.25. The van der Waals surface area contributed by atoms with Gasteiger partial charge in [0, 0.05) is 25.8 Å². The van der Waals surface area contributed by atoms with E-state index in [4.69, 9.17) is 0 Å². The van der Waals surface area contributed by atoms with E-state index in [0.29, 0.717) is 31.1 Å². The Morgan fingerprint density at radius 1 is 1.14 bits per heavy atom. The Kier molecular flexibility index (Phi) is 7.03. The lowest BCUT2D eigenvalue weighted by atomic mass is 10.1. The van der Waals surface area contributed by atoms with Gasteiger partial charge in [-0.05, 0) is 49.1 Å². The lowest BCUT2D eigenvalue weighted by Gasteiger charge is -2.15. The van der Waals surface area contributed by atoms with Crippen LogP contribution in [0.25, 0.3) is 0 Å². The van der Waals surface area contributed by atoms with E-state index >= 15 is 0 Å². The van der Waals surface area contributed by atoms with Gasteiger partial charge in [0.2, 0.25) is 15.9 Å². The number of rotatable bonds is 8. The van der Waals surface area contributed by atoms with E-state index in [-0.39, 0.29) is 22.4 Å². The molecule has 2 heterocycles. The SMILES string of the molecule is O=C(CSc1ccc(S(=O)(=O)N2CCCC2)cn1)NCCc1ccc(F)cc1. The highest BCUT2D eigenvalue weighted by atomic mass is 32.2. The molecule has 1 saturated heterocycles. The van der Waals surface area contributed by atoms with E-state index in [2.05, 4.69) is 10.3 Å². The summed E-state index contributed by atoms with van der Waals surface area (Å²) in [7, 11) is -3.47. The molecule has 1 aliphatic rings. The number of nitrogens with one attached hydrogen (secondary N) is 1. The van der Waals surface area contributed by atoms with Crippen LogP contribution in [0.3, 0.4) is 0 Å². The maximum atomic E-state index is 12.9. The average molecular weight is 424 g/mol. The number of carbonyl (C=O) groups excluding carboxylic acids is 1. The highest BCUT2D eigenvalue weighted by Gasteiger charge is 2.27. The van der Waals surface area contributed by atoms with Crippen molar-refractivity contribution in [2.75, 3.05) is 25.4 Å². The molecule has 0 radical (unpaired) electrons. The Bertz CT molecular complexity index is 897. The second kappa shape index (κ2) is 9.49. The number of pyridine rings is 1. The molecule has 6 nitrogen and oxygen atoms in total. The Hall–Kier alpha value is -1.97. The summed E-state index contributed by atoms with van der Waals surface area (Å²) in [5, 5.41) is 3.40. The third-order valence-corrected chi connectivity index (χ3v) is 7.24. The highest BCUT2D eigenvalue weighted by molar-refractivity contribution is 7.99. The van der Waals surface area contributed by atoms with Crippen LogP contribution in [0, 0.1) is 5.82 Å². The first-order valence-corrected chi connectivity index (χ1v) is 11.5. The smallest absolute Gasteiger partial charge is 0.244 e. The van der Waals surface area contributed by atoms with Crippen LogP contribution >= 0.6 is 11.8 Å². The fourth-order valence-electron chi connectivity index (χ4n) is 2.87. The molecule has 2 aromatic rings. The average Bonchev–Trinajstić information content (AvgIpc) is 3.24. The molecule has 1 fully saturated rings. The van der Waals surface area contributed by atoms with E-state index in [1.165, 1.54) is 40.5 Å². The van der Waals surface area contributed by atoms with Crippen molar-refractivity contribution in [3.8, 4) is 0 Å². The number of aromatic nitrogens is 1. The van der Waals surface area contributed by atoms with Crippen molar-refractivity contribution in [2.45, 2.75) is 29.2 Å². The zero-order valence-corrected chi connectivity index (χ0v) is 16.9. The van der Waals surface area contributed by atoms with Gasteiger partial charge < -0.3 is 5.32 Å². The van der Waals surface area contributed by atoms with Gasteiger partial charge in [-0.15, -0.1) is 0 Å². The molecule has 1 N–H and O–H groups in total. The van der Waals surface area contributed by atoms with Gasteiger partial charge in [-0.1, -0.05) is 23.9 Å². The zero-order chi connectivity index (χ0) is 20.0. The topological polar surface area (TPSA) is 79.4 Å². The van der Waals surface area contributed by atoms with Crippen LogP contribution in [0.1, 0.15) is 18.4 Å². The lowest BCUT2D eigenvalue weighted by Crippen LogP contribution is -2.28. The third-order valence-electron chi connectivity index (χ3n) is 4.41. The van der Waals surface area contributed by atoms with E-state index < -0.39 is 10.0 Å². The minimum absolute atomic E-state index is 0.136. The maximum Gasteiger partial charge on any atom is 0.244 e. The molecule has 150 valence electrons. The molecule has 0 atom stereocenters. The number of halogens is 1. The number of thioether (sulfide) groups is 1. The van der Waals surface area contributed by atoms with Crippen LogP contribution in [-0.4, -0.2) is 49.0 Å². The van der Waals surface area contributed by atoms with E-state index in [1.807, 2.05) is 0 Å². The van der Waals surface area contributed by atoms with Gasteiger partial charge in [-0.25, -0.2) is 17.8 Å². The molecule has 0 spiro atoms. The number of nitrogens with zero attached hydrogens (tertiary/aromatic N) is 2. The second-order valence-electron chi connectivity index (χ2n) is 6.46. The third kappa shape index (κ3) is 5.52. The van der Waals surface area contributed by atoms with Gasteiger partial charge >= 0.3 is 0 Å². The van der Waals surface area contributed by atoms with E-state index in [0.717, 1.165) is 18.4 Å². The largest absolute Gasteiger partial charge is 0.355 e. The molecule has 3 rings (SSSR count). The summed E-state index contributed by atoms with van der Waals surface area (Å²) in [6.07, 6.45) is 3.74. The summed E-state index contributed by atoms with van der Waals surface area (Å²) in [4.78, 5) is 16.3. The van der Waals surface area contributed by atoms with Crippen LogP contribution in [0.5, 0.6) is 0 Å². The number of carbonyl (C=O) groups is 1.